The number of alkyl halides is 3. The SMILES string of the molecule is O=Cc1cc(Cc2ccccc2)cc(OC(F)(F)F)c1. The molecule has 0 saturated heterocycles. The first-order valence-corrected chi connectivity index (χ1v) is 5.85. The zero-order valence-electron chi connectivity index (χ0n) is 10.4. The highest BCUT2D eigenvalue weighted by Crippen LogP contribution is 2.25. The van der Waals surface area contributed by atoms with Gasteiger partial charge in [0.1, 0.15) is 12.0 Å². The average Bonchev–Trinajstić information content (AvgIpc) is 2.37. The van der Waals surface area contributed by atoms with Gasteiger partial charge in [-0.15, -0.1) is 13.2 Å². The molecule has 2 aromatic rings. The smallest absolute Gasteiger partial charge is 0.406 e. The molecule has 2 nitrogen and oxygen atoms in total. The number of hydrogen-bond acceptors (Lipinski definition) is 2. The van der Waals surface area contributed by atoms with Crippen molar-refractivity contribution in [3.8, 4) is 5.75 Å². The Bertz CT molecular complexity index is 592. The number of aldehydes is 1. The van der Waals surface area contributed by atoms with E-state index in [-0.39, 0.29) is 11.3 Å². The van der Waals surface area contributed by atoms with E-state index >= 15 is 0 Å². The molecule has 0 unspecified atom stereocenters. The third-order valence-electron chi connectivity index (χ3n) is 2.61. The van der Waals surface area contributed by atoms with Gasteiger partial charge in [0.05, 0.1) is 0 Å². The molecule has 0 aliphatic carbocycles. The van der Waals surface area contributed by atoms with Gasteiger partial charge in [-0.2, -0.15) is 0 Å². The van der Waals surface area contributed by atoms with E-state index in [1.807, 2.05) is 30.3 Å². The van der Waals surface area contributed by atoms with Gasteiger partial charge in [-0.25, -0.2) is 0 Å². The van der Waals surface area contributed by atoms with Gasteiger partial charge < -0.3 is 4.74 Å². The molecule has 0 aliphatic rings. The molecule has 0 atom stereocenters. The van der Waals surface area contributed by atoms with Crippen molar-refractivity contribution in [2.45, 2.75) is 12.8 Å². The second-order valence-corrected chi connectivity index (χ2v) is 4.24. The van der Waals surface area contributed by atoms with Gasteiger partial charge in [0.25, 0.3) is 0 Å². The molecular weight excluding hydrogens is 269 g/mol. The van der Waals surface area contributed by atoms with Gasteiger partial charge >= 0.3 is 6.36 Å². The van der Waals surface area contributed by atoms with Crippen LogP contribution >= 0.6 is 0 Å². The summed E-state index contributed by atoms with van der Waals surface area (Å²) >= 11 is 0. The summed E-state index contributed by atoms with van der Waals surface area (Å²) in [6.45, 7) is 0. The van der Waals surface area contributed by atoms with Crippen LogP contribution in [0.15, 0.2) is 48.5 Å². The second-order valence-electron chi connectivity index (χ2n) is 4.24. The number of ether oxygens (including phenoxy) is 1. The Hall–Kier alpha value is -2.30. The minimum atomic E-state index is -4.77. The molecule has 0 amide bonds. The lowest BCUT2D eigenvalue weighted by atomic mass is 10.0. The Morgan fingerprint density at radius 2 is 1.70 bits per heavy atom. The topological polar surface area (TPSA) is 26.3 Å². The van der Waals surface area contributed by atoms with Gasteiger partial charge in [-0.1, -0.05) is 30.3 Å². The third kappa shape index (κ3) is 4.12. The minimum Gasteiger partial charge on any atom is -0.406 e. The second kappa shape index (κ2) is 5.77. The quantitative estimate of drug-likeness (QED) is 0.792. The zero-order chi connectivity index (χ0) is 14.6. The maximum atomic E-state index is 12.2. The molecule has 2 rings (SSSR count). The molecule has 5 heteroatoms. The molecule has 0 aliphatic heterocycles. The molecule has 0 N–H and O–H groups in total. The molecule has 0 heterocycles. The molecule has 0 radical (unpaired) electrons. The van der Waals surface area contributed by atoms with Gasteiger partial charge in [0.2, 0.25) is 0 Å². The Morgan fingerprint density at radius 1 is 1.00 bits per heavy atom. The Balaban J connectivity index is 2.28. The molecular formula is C15H11F3O2. The van der Waals surface area contributed by atoms with E-state index in [0.717, 1.165) is 11.6 Å². The van der Waals surface area contributed by atoms with Crippen molar-refractivity contribution in [2.75, 3.05) is 0 Å². The average molecular weight is 280 g/mol. The highest BCUT2D eigenvalue weighted by molar-refractivity contribution is 5.76. The lowest BCUT2D eigenvalue weighted by Crippen LogP contribution is -2.17. The van der Waals surface area contributed by atoms with Crippen molar-refractivity contribution in [3.05, 3.63) is 65.2 Å². The number of carbonyl (C=O) groups is 1. The van der Waals surface area contributed by atoms with Crippen LogP contribution in [0.1, 0.15) is 21.5 Å². The summed E-state index contributed by atoms with van der Waals surface area (Å²) in [5.41, 5.74) is 1.67. The van der Waals surface area contributed by atoms with Crippen LogP contribution in [0.3, 0.4) is 0 Å². The summed E-state index contributed by atoms with van der Waals surface area (Å²) in [6, 6.07) is 13.1. The van der Waals surface area contributed by atoms with E-state index in [1.165, 1.54) is 6.07 Å². The van der Waals surface area contributed by atoms with Crippen LogP contribution in [0, 0.1) is 0 Å². The van der Waals surface area contributed by atoms with Gasteiger partial charge in [0, 0.05) is 5.56 Å². The molecule has 2 aromatic carbocycles. The third-order valence-corrected chi connectivity index (χ3v) is 2.61. The summed E-state index contributed by atoms with van der Waals surface area (Å²) in [6.07, 6.45) is -3.85. The number of carbonyl (C=O) groups excluding carboxylic acids is 1. The molecule has 0 saturated carbocycles. The van der Waals surface area contributed by atoms with E-state index < -0.39 is 6.36 Å². The predicted molar refractivity (Wildman–Crippen MR) is 67.8 cm³/mol. The Kier molecular flexibility index (Phi) is 4.08. The normalized spacial score (nSPS) is 11.2. The van der Waals surface area contributed by atoms with Crippen molar-refractivity contribution in [1.29, 1.82) is 0 Å². The van der Waals surface area contributed by atoms with Crippen LogP contribution in [0.5, 0.6) is 5.75 Å². The summed E-state index contributed by atoms with van der Waals surface area (Å²) in [4.78, 5) is 10.8. The zero-order valence-corrected chi connectivity index (χ0v) is 10.4. The van der Waals surface area contributed by atoms with Crippen molar-refractivity contribution in [3.63, 3.8) is 0 Å². The first-order chi connectivity index (χ1) is 9.46. The Labute approximate surface area is 113 Å². The molecule has 0 fully saturated rings. The standard InChI is InChI=1S/C15H11F3O2/c16-15(17,18)20-14-8-12(7-13(9-14)10-19)6-11-4-2-1-3-5-11/h1-5,7-10H,6H2. The lowest BCUT2D eigenvalue weighted by Gasteiger charge is -2.11. The van der Waals surface area contributed by atoms with Crippen LogP contribution in [-0.4, -0.2) is 12.6 Å². The van der Waals surface area contributed by atoms with Crippen LogP contribution in [0.25, 0.3) is 0 Å². The van der Waals surface area contributed by atoms with Crippen LogP contribution in [0.4, 0.5) is 13.2 Å². The number of hydrogen-bond donors (Lipinski definition) is 0. The van der Waals surface area contributed by atoms with Gasteiger partial charge in [-0.3, -0.25) is 4.79 Å². The van der Waals surface area contributed by atoms with E-state index in [2.05, 4.69) is 4.74 Å². The highest BCUT2D eigenvalue weighted by atomic mass is 19.4. The molecule has 0 aromatic heterocycles. The fraction of sp³-hybridized carbons (Fsp3) is 0.133. The molecule has 104 valence electrons. The maximum absolute atomic E-state index is 12.2. The fourth-order valence-corrected chi connectivity index (χ4v) is 1.88. The number of halogens is 3. The predicted octanol–water partition coefficient (Wildman–Crippen LogP) is 3.99. The lowest BCUT2D eigenvalue weighted by molar-refractivity contribution is -0.274. The molecule has 0 bridgehead atoms. The van der Waals surface area contributed by atoms with Crippen molar-refractivity contribution in [1.82, 2.24) is 0 Å². The van der Waals surface area contributed by atoms with E-state index in [1.54, 1.807) is 6.07 Å². The first kappa shape index (κ1) is 14.1. The maximum Gasteiger partial charge on any atom is 0.573 e. The van der Waals surface area contributed by atoms with Crippen molar-refractivity contribution < 1.29 is 22.7 Å². The van der Waals surface area contributed by atoms with E-state index in [4.69, 9.17) is 0 Å². The first-order valence-electron chi connectivity index (χ1n) is 5.85. The molecule has 20 heavy (non-hydrogen) atoms. The fourth-order valence-electron chi connectivity index (χ4n) is 1.88. The van der Waals surface area contributed by atoms with Crippen molar-refractivity contribution >= 4 is 6.29 Å². The van der Waals surface area contributed by atoms with Crippen molar-refractivity contribution in [2.24, 2.45) is 0 Å². The summed E-state index contributed by atoms with van der Waals surface area (Å²) in [5.74, 6) is -0.381. The summed E-state index contributed by atoms with van der Waals surface area (Å²) in [5, 5.41) is 0. The van der Waals surface area contributed by atoms with Crippen LogP contribution < -0.4 is 4.74 Å². The van der Waals surface area contributed by atoms with Crippen LogP contribution in [-0.2, 0) is 6.42 Å². The largest absolute Gasteiger partial charge is 0.573 e. The van der Waals surface area contributed by atoms with Gasteiger partial charge in [-0.05, 0) is 35.7 Å². The number of benzene rings is 2. The monoisotopic (exact) mass is 280 g/mol. The van der Waals surface area contributed by atoms with E-state index in [9.17, 15) is 18.0 Å². The highest BCUT2D eigenvalue weighted by Gasteiger charge is 2.31. The van der Waals surface area contributed by atoms with Gasteiger partial charge in [0.15, 0.2) is 0 Å². The number of rotatable bonds is 4. The van der Waals surface area contributed by atoms with Crippen LogP contribution in [0.2, 0.25) is 0 Å². The Morgan fingerprint density at radius 3 is 2.30 bits per heavy atom. The summed E-state index contributed by atoms with van der Waals surface area (Å²) < 4.78 is 40.5. The minimum absolute atomic E-state index is 0.151. The summed E-state index contributed by atoms with van der Waals surface area (Å²) in [7, 11) is 0. The van der Waals surface area contributed by atoms with E-state index in [0.29, 0.717) is 18.3 Å². The molecule has 0 spiro atoms.